The molecule has 1 unspecified atom stereocenters. The SMILES string of the molecule is O=C(N1CCCC(c2ccn[nH]2)C1)C1(c2ccccc2)CCOCC1. The van der Waals surface area contributed by atoms with Crippen molar-refractivity contribution in [2.45, 2.75) is 37.0 Å². The van der Waals surface area contributed by atoms with Crippen LogP contribution in [0.25, 0.3) is 0 Å². The number of aromatic nitrogens is 2. The first-order valence-electron chi connectivity index (χ1n) is 9.21. The van der Waals surface area contributed by atoms with Crippen molar-refractivity contribution in [2.75, 3.05) is 26.3 Å². The number of nitrogens with zero attached hydrogens (tertiary/aromatic N) is 2. The summed E-state index contributed by atoms with van der Waals surface area (Å²) in [6.45, 7) is 2.92. The molecule has 2 saturated heterocycles. The number of carbonyl (C=O) groups is 1. The molecule has 1 N–H and O–H groups in total. The van der Waals surface area contributed by atoms with Gasteiger partial charge in [-0.3, -0.25) is 9.89 Å². The number of hydrogen-bond donors (Lipinski definition) is 1. The summed E-state index contributed by atoms with van der Waals surface area (Å²) in [7, 11) is 0. The van der Waals surface area contributed by atoms with E-state index in [0.717, 1.165) is 50.0 Å². The number of H-pyrrole nitrogens is 1. The van der Waals surface area contributed by atoms with Crippen molar-refractivity contribution in [1.29, 1.82) is 0 Å². The fraction of sp³-hybridized carbons (Fsp3) is 0.500. The summed E-state index contributed by atoms with van der Waals surface area (Å²) >= 11 is 0. The van der Waals surface area contributed by atoms with E-state index in [1.165, 1.54) is 0 Å². The lowest BCUT2D eigenvalue weighted by Crippen LogP contribution is -2.52. The van der Waals surface area contributed by atoms with E-state index in [0.29, 0.717) is 19.1 Å². The van der Waals surface area contributed by atoms with E-state index in [4.69, 9.17) is 4.74 Å². The summed E-state index contributed by atoms with van der Waals surface area (Å²) < 4.78 is 5.58. The molecule has 132 valence electrons. The average molecular weight is 339 g/mol. The Hall–Kier alpha value is -2.14. The van der Waals surface area contributed by atoms with Crippen LogP contribution in [-0.2, 0) is 14.9 Å². The van der Waals surface area contributed by atoms with Crippen molar-refractivity contribution in [3.8, 4) is 0 Å². The number of nitrogens with one attached hydrogen (secondary N) is 1. The molecule has 0 aliphatic carbocycles. The van der Waals surface area contributed by atoms with Gasteiger partial charge in [0.05, 0.1) is 5.41 Å². The lowest BCUT2D eigenvalue weighted by atomic mass is 9.72. The molecule has 5 heteroatoms. The van der Waals surface area contributed by atoms with Crippen molar-refractivity contribution in [1.82, 2.24) is 15.1 Å². The molecular weight excluding hydrogens is 314 g/mol. The third kappa shape index (κ3) is 3.09. The molecule has 3 heterocycles. The molecule has 2 aromatic rings. The van der Waals surface area contributed by atoms with Crippen LogP contribution in [0.4, 0.5) is 0 Å². The predicted molar refractivity (Wildman–Crippen MR) is 95.3 cm³/mol. The van der Waals surface area contributed by atoms with Crippen LogP contribution in [-0.4, -0.2) is 47.3 Å². The molecular formula is C20H25N3O2. The number of amides is 1. The van der Waals surface area contributed by atoms with Gasteiger partial charge in [-0.15, -0.1) is 0 Å². The van der Waals surface area contributed by atoms with Crippen molar-refractivity contribution >= 4 is 5.91 Å². The van der Waals surface area contributed by atoms with E-state index in [2.05, 4.69) is 27.2 Å². The molecule has 2 aliphatic heterocycles. The summed E-state index contributed by atoms with van der Waals surface area (Å²) in [6, 6.07) is 12.3. The molecule has 2 aliphatic rings. The molecule has 1 amide bonds. The van der Waals surface area contributed by atoms with Crippen LogP contribution in [0.15, 0.2) is 42.6 Å². The number of carbonyl (C=O) groups excluding carboxylic acids is 1. The Morgan fingerprint density at radius 1 is 1.20 bits per heavy atom. The number of piperidine rings is 1. The zero-order valence-electron chi connectivity index (χ0n) is 14.5. The summed E-state index contributed by atoms with van der Waals surface area (Å²) in [5.41, 5.74) is 1.83. The fourth-order valence-corrected chi connectivity index (χ4v) is 4.32. The third-order valence-corrected chi connectivity index (χ3v) is 5.75. The van der Waals surface area contributed by atoms with Crippen LogP contribution in [0.2, 0.25) is 0 Å². The standard InChI is InChI=1S/C20H25N3O2/c24-19(23-12-4-5-16(15-23)18-8-11-21-22-18)20(9-13-25-14-10-20)17-6-2-1-3-7-17/h1-3,6-8,11,16H,4-5,9-10,12-15H2,(H,21,22). The highest BCUT2D eigenvalue weighted by molar-refractivity contribution is 5.88. The number of ether oxygens (including phenoxy) is 1. The van der Waals surface area contributed by atoms with Crippen molar-refractivity contribution in [2.24, 2.45) is 0 Å². The largest absolute Gasteiger partial charge is 0.381 e. The van der Waals surface area contributed by atoms with Crippen LogP contribution in [0.5, 0.6) is 0 Å². The minimum atomic E-state index is -0.435. The summed E-state index contributed by atoms with van der Waals surface area (Å²) in [5, 5.41) is 7.15. The summed E-state index contributed by atoms with van der Waals surface area (Å²) in [4.78, 5) is 15.7. The minimum absolute atomic E-state index is 0.270. The molecule has 1 aromatic carbocycles. The predicted octanol–water partition coefficient (Wildman–Crippen LogP) is 2.86. The average Bonchev–Trinajstić information content (AvgIpc) is 3.24. The Balaban J connectivity index is 1.60. The van der Waals surface area contributed by atoms with Gasteiger partial charge in [-0.1, -0.05) is 30.3 Å². The maximum absolute atomic E-state index is 13.6. The van der Waals surface area contributed by atoms with Gasteiger partial charge in [0.2, 0.25) is 5.91 Å². The van der Waals surface area contributed by atoms with E-state index in [9.17, 15) is 4.79 Å². The van der Waals surface area contributed by atoms with Gasteiger partial charge in [0.25, 0.3) is 0 Å². The van der Waals surface area contributed by atoms with Crippen LogP contribution < -0.4 is 0 Å². The van der Waals surface area contributed by atoms with Gasteiger partial charge >= 0.3 is 0 Å². The summed E-state index contributed by atoms with van der Waals surface area (Å²) in [5.74, 6) is 0.624. The topological polar surface area (TPSA) is 58.2 Å². The summed E-state index contributed by atoms with van der Waals surface area (Å²) in [6.07, 6.45) is 5.46. The zero-order valence-corrected chi connectivity index (χ0v) is 14.5. The monoisotopic (exact) mass is 339 g/mol. The number of rotatable bonds is 3. The highest BCUT2D eigenvalue weighted by atomic mass is 16.5. The zero-order chi connectivity index (χ0) is 17.1. The van der Waals surface area contributed by atoms with E-state index >= 15 is 0 Å². The maximum atomic E-state index is 13.6. The van der Waals surface area contributed by atoms with Crippen LogP contribution >= 0.6 is 0 Å². The Morgan fingerprint density at radius 3 is 2.72 bits per heavy atom. The van der Waals surface area contributed by atoms with E-state index in [1.54, 1.807) is 6.20 Å². The normalized spacial score (nSPS) is 23.4. The molecule has 0 bridgehead atoms. The molecule has 1 aromatic heterocycles. The quantitative estimate of drug-likeness (QED) is 0.935. The van der Waals surface area contributed by atoms with E-state index in [1.807, 2.05) is 24.3 Å². The van der Waals surface area contributed by atoms with E-state index in [-0.39, 0.29) is 5.91 Å². The molecule has 0 saturated carbocycles. The fourth-order valence-electron chi connectivity index (χ4n) is 4.32. The van der Waals surface area contributed by atoms with Gasteiger partial charge in [-0.05, 0) is 37.3 Å². The van der Waals surface area contributed by atoms with Gasteiger partial charge in [0, 0.05) is 44.1 Å². The molecule has 5 nitrogen and oxygen atoms in total. The molecule has 1 atom stereocenters. The second-order valence-electron chi connectivity index (χ2n) is 7.16. The van der Waals surface area contributed by atoms with Crippen LogP contribution in [0.1, 0.15) is 42.9 Å². The second kappa shape index (κ2) is 7.00. The first-order chi connectivity index (χ1) is 12.3. The smallest absolute Gasteiger partial charge is 0.233 e. The number of aromatic amines is 1. The Kier molecular flexibility index (Phi) is 4.57. The van der Waals surface area contributed by atoms with Gasteiger partial charge < -0.3 is 9.64 Å². The van der Waals surface area contributed by atoms with Crippen LogP contribution in [0.3, 0.4) is 0 Å². The molecule has 25 heavy (non-hydrogen) atoms. The first kappa shape index (κ1) is 16.3. The lowest BCUT2D eigenvalue weighted by Gasteiger charge is -2.42. The van der Waals surface area contributed by atoms with Gasteiger partial charge in [0.1, 0.15) is 0 Å². The maximum Gasteiger partial charge on any atom is 0.233 e. The van der Waals surface area contributed by atoms with Crippen molar-refractivity contribution in [3.63, 3.8) is 0 Å². The lowest BCUT2D eigenvalue weighted by molar-refractivity contribution is -0.142. The third-order valence-electron chi connectivity index (χ3n) is 5.75. The minimum Gasteiger partial charge on any atom is -0.381 e. The molecule has 2 fully saturated rings. The molecule has 0 radical (unpaired) electrons. The molecule has 4 rings (SSSR count). The highest BCUT2D eigenvalue weighted by Gasteiger charge is 2.44. The van der Waals surface area contributed by atoms with Gasteiger partial charge in [-0.2, -0.15) is 5.10 Å². The molecule has 0 spiro atoms. The number of likely N-dealkylation sites (tertiary alicyclic amines) is 1. The number of hydrogen-bond acceptors (Lipinski definition) is 3. The Labute approximate surface area is 148 Å². The van der Waals surface area contributed by atoms with Crippen molar-refractivity contribution < 1.29 is 9.53 Å². The van der Waals surface area contributed by atoms with Crippen LogP contribution in [0, 0.1) is 0 Å². The van der Waals surface area contributed by atoms with E-state index < -0.39 is 5.41 Å². The second-order valence-corrected chi connectivity index (χ2v) is 7.16. The van der Waals surface area contributed by atoms with Crippen molar-refractivity contribution in [3.05, 3.63) is 53.9 Å². The number of benzene rings is 1. The van der Waals surface area contributed by atoms with Gasteiger partial charge in [0.15, 0.2) is 0 Å². The highest BCUT2D eigenvalue weighted by Crippen LogP contribution is 2.38. The Morgan fingerprint density at radius 2 is 2.00 bits per heavy atom. The first-order valence-corrected chi connectivity index (χ1v) is 9.21. The Bertz CT molecular complexity index is 693. The van der Waals surface area contributed by atoms with Gasteiger partial charge in [-0.25, -0.2) is 0 Å².